The van der Waals surface area contributed by atoms with E-state index >= 15 is 0 Å². The summed E-state index contributed by atoms with van der Waals surface area (Å²) >= 11 is 7.44. The standard InChI is InChI=1S/C7H5F3N2O2.C6H5ClN2O2.C6H3F3N2O2.C6H5IN2O2/c1-14-6(13)4-2-5(7(8,9)10)12-11-3-4;1-11-6(10)4-2-5(7)9-8-3-4;7-6(8,9)4-1-3(5(12)13)2-10-11-4;1-11-6(10)4-2-5(7)9-8-3-4/h2-3H,1H3;2-3H,1H3;1-2H,(H,12,13);2-3H,1H3. The summed E-state index contributed by atoms with van der Waals surface area (Å²) in [6.45, 7) is 0. The number of nitrogens with zero attached hydrogens (tertiary/aromatic N) is 8. The van der Waals surface area contributed by atoms with E-state index in [2.05, 4.69) is 55.0 Å². The Morgan fingerprint density at radius 1 is 0.612 bits per heavy atom. The third kappa shape index (κ3) is 15.1. The lowest BCUT2D eigenvalue weighted by Crippen LogP contribution is -2.12. The van der Waals surface area contributed by atoms with Gasteiger partial charge in [-0.1, -0.05) is 11.6 Å². The summed E-state index contributed by atoms with van der Waals surface area (Å²) in [6, 6.07) is 4.01. The van der Waals surface area contributed by atoms with Crippen molar-refractivity contribution < 1.29 is 64.8 Å². The monoisotopic (exact) mass is 834 g/mol. The molecular formula is C25H18ClF6IN8O8. The van der Waals surface area contributed by atoms with Crippen molar-refractivity contribution in [3.8, 4) is 0 Å². The molecule has 0 saturated carbocycles. The predicted molar refractivity (Wildman–Crippen MR) is 157 cm³/mol. The van der Waals surface area contributed by atoms with Crippen LogP contribution in [0.25, 0.3) is 0 Å². The van der Waals surface area contributed by atoms with Gasteiger partial charge in [-0.3, -0.25) is 0 Å². The van der Waals surface area contributed by atoms with E-state index in [9.17, 15) is 45.5 Å². The molecule has 262 valence electrons. The van der Waals surface area contributed by atoms with Crippen LogP contribution in [0, 0.1) is 3.70 Å². The molecular weight excluding hydrogens is 817 g/mol. The molecule has 0 aromatic carbocycles. The number of hydrogen-bond acceptors (Lipinski definition) is 15. The van der Waals surface area contributed by atoms with Crippen molar-refractivity contribution in [1.82, 2.24) is 40.8 Å². The molecule has 49 heavy (non-hydrogen) atoms. The van der Waals surface area contributed by atoms with Gasteiger partial charge in [0.05, 0.1) is 68.4 Å². The highest BCUT2D eigenvalue weighted by Crippen LogP contribution is 2.28. The van der Waals surface area contributed by atoms with E-state index in [1.165, 1.54) is 32.7 Å². The van der Waals surface area contributed by atoms with Crippen molar-refractivity contribution in [1.29, 1.82) is 0 Å². The van der Waals surface area contributed by atoms with Gasteiger partial charge in [0.1, 0.15) is 3.70 Å². The maximum Gasteiger partial charge on any atom is 0.435 e. The van der Waals surface area contributed by atoms with Gasteiger partial charge in [0.15, 0.2) is 16.5 Å². The van der Waals surface area contributed by atoms with Crippen molar-refractivity contribution in [3.63, 3.8) is 0 Å². The van der Waals surface area contributed by atoms with E-state index in [0.717, 1.165) is 19.5 Å². The average molecular weight is 835 g/mol. The minimum absolute atomic E-state index is 0.174. The van der Waals surface area contributed by atoms with Crippen molar-refractivity contribution in [2.45, 2.75) is 12.4 Å². The molecule has 16 nitrogen and oxygen atoms in total. The Bertz CT molecular complexity index is 1700. The largest absolute Gasteiger partial charge is 0.478 e. The molecule has 0 saturated heterocycles. The third-order valence-corrected chi connectivity index (χ3v) is 5.36. The number of rotatable bonds is 4. The molecule has 0 unspecified atom stereocenters. The molecule has 24 heteroatoms. The first-order valence-electron chi connectivity index (χ1n) is 12.1. The Labute approximate surface area is 288 Å². The van der Waals surface area contributed by atoms with E-state index in [1.54, 1.807) is 6.07 Å². The van der Waals surface area contributed by atoms with Gasteiger partial charge in [-0.25, -0.2) is 19.2 Å². The second-order valence-corrected chi connectivity index (χ2v) is 9.46. The number of halogens is 8. The molecule has 0 atom stereocenters. The first-order chi connectivity index (χ1) is 22.8. The number of carboxylic acids is 1. The Balaban J connectivity index is 0.000000328. The van der Waals surface area contributed by atoms with E-state index < -0.39 is 53.2 Å². The van der Waals surface area contributed by atoms with Gasteiger partial charge in [0, 0.05) is 0 Å². The van der Waals surface area contributed by atoms with Crippen molar-refractivity contribution in [2.75, 3.05) is 21.3 Å². The zero-order valence-electron chi connectivity index (χ0n) is 24.5. The van der Waals surface area contributed by atoms with Crippen LogP contribution in [0.4, 0.5) is 26.3 Å². The molecule has 4 rings (SSSR count). The van der Waals surface area contributed by atoms with Crippen LogP contribution in [0.15, 0.2) is 49.1 Å². The molecule has 4 aromatic rings. The van der Waals surface area contributed by atoms with Gasteiger partial charge in [-0.05, 0) is 46.9 Å². The van der Waals surface area contributed by atoms with Crippen molar-refractivity contribution in [3.05, 3.63) is 91.5 Å². The first-order valence-corrected chi connectivity index (χ1v) is 13.5. The van der Waals surface area contributed by atoms with E-state index in [4.69, 9.17) is 16.7 Å². The summed E-state index contributed by atoms with van der Waals surface area (Å²) in [5.41, 5.74) is -2.63. The molecule has 0 aliphatic rings. The van der Waals surface area contributed by atoms with E-state index in [-0.39, 0.29) is 10.7 Å². The summed E-state index contributed by atoms with van der Waals surface area (Å²) in [5.74, 6) is -3.22. The van der Waals surface area contributed by atoms with Gasteiger partial charge in [-0.2, -0.15) is 46.7 Å². The van der Waals surface area contributed by atoms with Crippen molar-refractivity contribution >= 4 is 58.1 Å². The fraction of sp³-hybridized carbons (Fsp3) is 0.200. The average Bonchev–Trinajstić information content (AvgIpc) is 3.07. The summed E-state index contributed by atoms with van der Waals surface area (Å²) in [6.07, 6.45) is -4.97. The molecule has 0 spiro atoms. The third-order valence-electron chi connectivity index (χ3n) is 4.65. The van der Waals surface area contributed by atoms with Gasteiger partial charge in [0.25, 0.3) is 0 Å². The summed E-state index contributed by atoms with van der Waals surface area (Å²) in [5, 5.41) is 34.3. The molecule has 0 fully saturated rings. The van der Waals surface area contributed by atoms with Crippen LogP contribution in [0.2, 0.25) is 5.15 Å². The number of ether oxygens (including phenoxy) is 3. The molecule has 0 amide bonds. The van der Waals surface area contributed by atoms with Gasteiger partial charge in [0.2, 0.25) is 0 Å². The van der Waals surface area contributed by atoms with E-state index in [0.29, 0.717) is 27.0 Å². The molecule has 4 heterocycles. The van der Waals surface area contributed by atoms with Gasteiger partial charge in [-0.15, -0.1) is 20.4 Å². The van der Waals surface area contributed by atoms with Gasteiger partial charge >= 0.3 is 36.2 Å². The van der Waals surface area contributed by atoms with Gasteiger partial charge < -0.3 is 19.3 Å². The second-order valence-electron chi connectivity index (χ2n) is 7.97. The lowest BCUT2D eigenvalue weighted by atomic mass is 10.2. The highest BCUT2D eigenvalue weighted by Gasteiger charge is 2.34. The maximum atomic E-state index is 12.1. The topological polar surface area (TPSA) is 219 Å². The number of aromatic nitrogens is 8. The zero-order chi connectivity index (χ0) is 37.4. The highest BCUT2D eigenvalue weighted by molar-refractivity contribution is 14.1. The number of methoxy groups -OCH3 is 3. The number of carbonyl (C=O) groups is 4. The minimum atomic E-state index is -4.67. The normalized spacial score (nSPS) is 10.3. The summed E-state index contributed by atoms with van der Waals surface area (Å²) < 4.78 is 85.9. The van der Waals surface area contributed by atoms with Crippen LogP contribution in [-0.2, 0) is 26.6 Å². The Morgan fingerprint density at radius 3 is 1.33 bits per heavy atom. The number of carbonyl (C=O) groups excluding carboxylic acids is 3. The molecule has 0 aliphatic carbocycles. The lowest BCUT2D eigenvalue weighted by molar-refractivity contribution is -0.142. The highest BCUT2D eigenvalue weighted by atomic mass is 127. The number of aromatic carboxylic acids is 1. The smallest absolute Gasteiger partial charge is 0.435 e. The Kier molecular flexibility index (Phi) is 16.7. The summed E-state index contributed by atoms with van der Waals surface area (Å²) in [7, 11) is 3.68. The van der Waals surface area contributed by atoms with Crippen molar-refractivity contribution in [2.24, 2.45) is 0 Å². The fourth-order valence-corrected chi connectivity index (χ4v) is 3.12. The second kappa shape index (κ2) is 19.6. The Morgan fingerprint density at radius 2 is 0.959 bits per heavy atom. The maximum absolute atomic E-state index is 12.1. The Hall–Kier alpha value is -5.20. The molecule has 1 N–H and O–H groups in total. The van der Waals surface area contributed by atoms with E-state index in [1.807, 2.05) is 22.6 Å². The molecule has 0 bridgehead atoms. The molecule has 0 aliphatic heterocycles. The van der Waals surface area contributed by atoms with Crippen LogP contribution in [0.5, 0.6) is 0 Å². The fourth-order valence-electron chi connectivity index (χ4n) is 2.50. The van der Waals surface area contributed by atoms with Crippen LogP contribution < -0.4 is 0 Å². The number of carboxylic acid groups (broad SMARTS) is 1. The van der Waals surface area contributed by atoms with Crippen LogP contribution in [-0.4, -0.2) is 91.1 Å². The number of esters is 3. The van der Waals surface area contributed by atoms with Crippen LogP contribution >= 0.6 is 34.2 Å². The lowest BCUT2D eigenvalue weighted by Gasteiger charge is -2.04. The number of hydrogen-bond donors (Lipinski definition) is 1. The summed E-state index contributed by atoms with van der Waals surface area (Å²) in [4.78, 5) is 42.8. The quantitative estimate of drug-likeness (QED) is 0.131. The predicted octanol–water partition coefficient (Wildman–Crippen LogP) is 4.26. The first kappa shape index (κ1) is 41.8. The molecule has 0 radical (unpaired) electrons. The van der Waals surface area contributed by atoms with Crippen LogP contribution in [0.1, 0.15) is 52.8 Å². The minimum Gasteiger partial charge on any atom is -0.478 e. The SMILES string of the molecule is COC(=O)c1cnnc(C(F)(F)F)c1.COC(=O)c1cnnc(Cl)c1.COC(=O)c1cnnc(I)c1.O=C(O)c1cnnc(C(F)(F)F)c1. The number of alkyl halides is 6. The molecule has 4 aromatic heterocycles. The van der Waals surface area contributed by atoms with Crippen LogP contribution in [0.3, 0.4) is 0 Å². The zero-order valence-corrected chi connectivity index (χ0v) is 27.4.